The molecule has 1 saturated carbocycles. The first kappa shape index (κ1) is 11.4. The fourth-order valence-corrected chi connectivity index (χ4v) is 2.94. The van der Waals surface area contributed by atoms with Gasteiger partial charge < -0.3 is 9.84 Å². The minimum Gasteiger partial charge on any atom is -0.391 e. The van der Waals surface area contributed by atoms with Gasteiger partial charge in [0.15, 0.2) is 0 Å². The highest BCUT2D eigenvalue weighted by atomic mass is 16.5. The molecule has 0 amide bonds. The van der Waals surface area contributed by atoms with Crippen molar-refractivity contribution < 1.29 is 9.84 Å². The van der Waals surface area contributed by atoms with E-state index < -0.39 is 0 Å². The van der Waals surface area contributed by atoms with Crippen LogP contribution in [0.2, 0.25) is 0 Å². The van der Waals surface area contributed by atoms with Gasteiger partial charge in [-0.25, -0.2) is 0 Å². The summed E-state index contributed by atoms with van der Waals surface area (Å²) < 4.78 is 5.38. The lowest BCUT2D eigenvalue weighted by atomic mass is 10.0. The second kappa shape index (κ2) is 5.28. The molecule has 0 spiro atoms. The summed E-state index contributed by atoms with van der Waals surface area (Å²) in [6.07, 6.45) is 7.31. The van der Waals surface area contributed by atoms with Crippen LogP contribution in [0.15, 0.2) is 0 Å². The summed E-state index contributed by atoms with van der Waals surface area (Å²) in [6.45, 7) is 2.11. The van der Waals surface area contributed by atoms with Crippen molar-refractivity contribution in [2.45, 2.75) is 56.8 Å². The predicted octanol–water partition coefficient (Wildman–Crippen LogP) is 1.40. The molecule has 1 aliphatic carbocycles. The molecule has 0 aromatic carbocycles. The van der Waals surface area contributed by atoms with Crippen LogP contribution in [-0.4, -0.2) is 48.5 Å². The minimum atomic E-state index is -0.108. The Kier molecular flexibility index (Phi) is 4.00. The van der Waals surface area contributed by atoms with Crippen molar-refractivity contribution in [1.82, 2.24) is 4.90 Å². The van der Waals surface area contributed by atoms with Gasteiger partial charge in [-0.2, -0.15) is 0 Å². The molecule has 0 bridgehead atoms. The zero-order chi connectivity index (χ0) is 10.7. The Morgan fingerprint density at radius 1 is 1.13 bits per heavy atom. The highest BCUT2D eigenvalue weighted by molar-refractivity contribution is 4.87. The average molecular weight is 213 g/mol. The molecule has 2 aliphatic rings. The molecule has 1 aliphatic heterocycles. The van der Waals surface area contributed by atoms with Crippen LogP contribution in [0.3, 0.4) is 0 Å². The number of aliphatic hydroxyl groups excluding tert-OH is 1. The maximum atomic E-state index is 10.1. The molecule has 0 aromatic heterocycles. The molecule has 0 radical (unpaired) electrons. The quantitative estimate of drug-likeness (QED) is 0.704. The van der Waals surface area contributed by atoms with Crippen LogP contribution in [0.1, 0.15) is 38.5 Å². The van der Waals surface area contributed by atoms with Crippen molar-refractivity contribution in [1.29, 1.82) is 0 Å². The van der Waals surface area contributed by atoms with E-state index in [1.807, 2.05) is 0 Å². The van der Waals surface area contributed by atoms with E-state index in [0.29, 0.717) is 12.1 Å². The first-order valence-corrected chi connectivity index (χ1v) is 6.26. The summed E-state index contributed by atoms with van der Waals surface area (Å²) in [5.74, 6) is 0. The SMILES string of the molecule is COC1CCN(C2CCCCCC2O)C1. The molecule has 2 rings (SSSR count). The third-order valence-electron chi connectivity index (χ3n) is 3.92. The van der Waals surface area contributed by atoms with Crippen molar-refractivity contribution in [2.24, 2.45) is 0 Å². The first-order chi connectivity index (χ1) is 7.31. The van der Waals surface area contributed by atoms with Crippen molar-refractivity contribution in [3.8, 4) is 0 Å². The van der Waals surface area contributed by atoms with Gasteiger partial charge in [0, 0.05) is 26.2 Å². The normalized spacial score (nSPS) is 39.2. The number of likely N-dealkylation sites (tertiary alicyclic amines) is 1. The van der Waals surface area contributed by atoms with E-state index in [9.17, 15) is 5.11 Å². The van der Waals surface area contributed by atoms with E-state index in [0.717, 1.165) is 32.4 Å². The number of rotatable bonds is 2. The van der Waals surface area contributed by atoms with Crippen LogP contribution in [0.4, 0.5) is 0 Å². The summed E-state index contributed by atoms with van der Waals surface area (Å²) in [7, 11) is 1.79. The van der Waals surface area contributed by atoms with E-state index >= 15 is 0 Å². The van der Waals surface area contributed by atoms with Crippen LogP contribution in [-0.2, 0) is 4.74 Å². The minimum absolute atomic E-state index is 0.108. The molecule has 2 fully saturated rings. The lowest BCUT2D eigenvalue weighted by Crippen LogP contribution is -2.42. The number of hydrogen-bond donors (Lipinski definition) is 1. The summed E-state index contributed by atoms with van der Waals surface area (Å²) in [5, 5.41) is 10.1. The molecular formula is C12H23NO2. The smallest absolute Gasteiger partial charge is 0.0710 e. The molecule has 3 atom stereocenters. The Balaban J connectivity index is 1.90. The lowest BCUT2D eigenvalue weighted by molar-refractivity contribution is 0.0426. The van der Waals surface area contributed by atoms with E-state index in [2.05, 4.69) is 4.90 Å². The zero-order valence-corrected chi connectivity index (χ0v) is 9.69. The Bertz CT molecular complexity index is 198. The lowest BCUT2D eigenvalue weighted by Gasteiger charge is -2.30. The summed E-state index contributed by atoms with van der Waals surface area (Å²) in [5.41, 5.74) is 0. The number of methoxy groups -OCH3 is 1. The maximum absolute atomic E-state index is 10.1. The number of nitrogens with zero attached hydrogens (tertiary/aromatic N) is 1. The van der Waals surface area contributed by atoms with Gasteiger partial charge in [0.2, 0.25) is 0 Å². The van der Waals surface area contributed by atoms with E-state index in [4.69, 9.17) is 4.74 Å². The van der Waals surface area contributed by atoms with Gasteiger partial charge in [-0.1, -0.05) is 19.3 Å². The average Bonchev–Trinajstić information content (AvgIpc) is 2.62. The van der Waals surface area contributed by atoms with Crippen LogP contribution in [0, 0.1) is 0 Å². The molecule has 1 heterocycles. The van der Waals surface area contributed by atoms with Gasteiger partial charge in [-0.3, -0.25) is 4.90 Å². The monoisotopic (exact) mass is 213 g/mol. The second-order valence-electron chi connectivity index (χ2n) is 4.91. The molecule has 15 heavy (non-hydrogen) atoms. The van der Waals surface area contributed by atoms with Gasteiger partial charge in [0.05, 0.1) is 12.2 Å². The largest absolute Gasteiger partial charge is 0.391 e. The molecule has 3 nitrogen and oxygen atoms in total. The summed E-state index contributed by atoms with van der Waals surface area (Å²) >= 11 is 0. The number of aliphatic hydroxyl groups is 1. The van der Waals surface area contributed by atoms with Crippen LogP contribution in [0.25, 0.3) is 0 Å². The van der Waals surface area contributed by atoms with Gasteiger partial charge in [-0.05, 0) is 19.3 Å². The van der Waals surface area contributed by atoms with Crippen molar-refractivity contribution >= 4 is 0 Å². The van der Waals surface area contributed by atoms with Crippen molar-refractivity contribution in [2.75, 3.05) is 20.2 Å². The second-order valence-corrected chi connectivity index (χ2v) is 4.91. The van der Waals surface area contributed by atoms with Gasteiger partial charge in [-0.15, -0.1) is 0 Å². The fraction of sp³-hybridized carbons (Fsp3) is 1.00. The number of ether oxygens (including phenoxy) is 1. The molecular weight excluding hydrogens is 190 g/mol. The molecule has 1 N–H and O–H groups in total. The van der Waals surface area contributed by atoms with Crippen molar-refractivity contribution in [3.63, 3.8) is 0 Å². The molecule has 3 unspecified atom stereocenters. The Morgan fingerprint density at radius 3 is 2.67 bits per heavy atom. The molecule has 0 aromatic rings. The molecule has 88 valence electrons. The Morgan fingerprint density at radius 2 is 1.93 bits per heavy atom. The first-order valence-electron chi connectivity index (χ1n) is 6.26. The Labute approximate surface area is 92.4 Å². The van der Waals surface area contributed by atoms with E-state index in [-0.39, 0.29) is 6.10 Å². The van der Waals surface area contributed by atoms with Gasteiger partial charge in [0.1, 0.15) is 0 Å². The number of hydrogen-bond acceptors (Lipinski definition) is 3. The van der Waals surface area contributed by atoms with E-state index in [1.165, 1.54) is 19.3 Å². The summed E-state index contributed by atoms with van der Waals surface area (Å²) in [4.78, 5) is 2.43. The maximum Gasteiger partial charge on any atom is 0.0710 e. The van der Waals surface area contributed by atoms with Crippen LogP contribution < -0.4 is 0 Å². The highest BCUT2D eigenvalue weighted by Gasteiger charge is 2.32. The fourth-order valence-electron chi connectivity index (χ4n) is 2.94. The highest BCUT2D eigenvalue weighted by Crippen LogP contribution is 2.26. The predicted molar refractivity (Wildman–Crippen MR) is 59.9 cm³/mol. The molecule has 1 saturated heterocycles. The summed E-state index contributed by atoms with van der Waals surface area (Å²) in [6, 6.07) is 0.396. The topological polar surface area (TPSA) is 32.7 Å². The molecule has 3 heteroatoms. The third kappa shape index (κ3) is 2.71. The zero-order valence-electron chi connectivity index (χ0n) is 9.69. The van der Waals surface area contributed by atoms with E-state index in [1.54, 1.807) is 7.11 Å². The van der Waals surface area contributed by atoms with Gasteiger partial charge >= 0.3 is 0 Å². The van der Waals surface area contributed by atoms with Gasteiger partial charge in [0.25, 0.3) is 0 Å². The van der Waals surface area contributed by atoms with Crippen LogP contribution in [0.5, 0.6) is 0 Å². The third-order valence-corrected chi connectivity index (χ3v) is 3.92. The van der Waals surface area contributed by atoms with Crippen LogP contribution >= 0.6 is 0 Å². The standard InChI is InChI=1S/C12H23NO2/c1-15-10-7-8-13(9-10)11-5-3-2-4-6-12(11)14/h10-12,14H,2-9H2,1H3. The Hall–Kier alpha value is -0.120. The van der Waals surface area contributed by atoms with Crippen molar-refractivity contribution in [3.05, 3.63) is 0 Å².